The molecule has 2 rings (SSSR count). The number of carboxylic acids is 1. The molecule has 0 aliphatic carbocycles. The number of benzene rings is 1. The zero-order valence-electron chi connectivity index (χ0n) is 9.89. The molecule has 8 heteroatoms. The lowest BCUT2D eigenvalue weighted by atomic mass is 10.2. The molecule has 1 aromatic carbocycles. The third kappa shape index (κ3) is 3.90. The highest BCUT2D eigenvalue weighted by Crippen LogP contribution is 2.21. The molecule has 1 amide bonds. The van der Waals surface area contributed by atoms with E-state index in [4.69, 9.17) is 16.7 Å². The largest absolute Gasteiger partial charge is 0.481 e. The maximum Gasteiger partial charge on any atom is 0.309 e. The Bertz CT molecular complexity index is 674. The van der Waals surface area contributed by atoms with E-state index >= 15 is 0 Å². The van der Waals surface area contributed by atoms with Crippen molar-refractivity contribution in [2.45, 2.75) is 6.42 Å². The van der Waals surface area contributed by atoms with E-state index in [1.54, 1.807) is 23.6 Å². The van der Waals surface area contributed by atoms with Crippen LogP contribution in [-0.4, -0.2) is 22.0 Å². The Morgan fingerprint density at radius 2 is 2.20 bits per heavy atom. The number of anilines is 1. The molecule has 1 aromatic heterocycles. The van der Waals surface area contributed by atoms with Gasteiger partial charge in [0.25, 0.3) is 5.91 Å². The molecule has 5 nitrogen and oxygen atoms in total. The normalized spacial score (nSPS) is 10.3. The highest BCUT2D eigenvalue weighted by molar-refractivity contribution is 14.1. The number of halogens is 2. The van der Waals surface area contributed by atoms with Crippen molar-refractivity contribution in [3.63, 3.8) is 0 Å². The van der Waals surface area contributed by atoms with Gasteiger partial charge in [0.2, 0.25) is 0 Å². The van der Waals surface area contributed by atoms with E-state index in [0.717, 1.165) is 3.57 Å². The lowest BCUT2D eigenvalue weighted by molar-refractivity contribution is -0.136. The standard InChI is InChI=1S/C12H8ClIN2O3S/c13-8-3-6(1-2-9(8)14)11(19)16-12-15-7(5-20-12)4-10(17)18/h1-3,5H,4H2,(H,17,18)(H,15,16,19). The summed E-state index contributed by atoms with van der Waals surface area (Å²) in [6.45, 7) is 0. The zero-order chi connectivity index (χ0) is 14.7. The lowest BCUT2D eigenvalue weighted by Gasteiger charge is -2.03. The number of amides is 1. The number of nitrogens with one attached hydrogen (secondary N) is 1. The first-order valence-electron chi connectivity index (χ1n) is 5.38. The lowest BCUT2D eigenvalue weighted by Crippen LogP contribution is -2.12. The maximum atomic E-state index is 12.0. The van der Waals surface area contributed by atoms with E-state index < -0.39 is 5.97 Å². The first-order chi connectivity index (χ1) is 9.45. The van der Waals surface area contributed by atoms with Crippen LogP contribution in [0.15, 0.2) is 23.6 Å². The van der Waals surface area contributed by atoms with Crippen LogP contribution in [0.5, 0.6) is 0 Å². The molecule has 0 aliphatic heterocycles. The minimum atomic E-state index is -0.961. The number of nitrogens with zero attached hydrogens (tertiary/aromatic N) is 1. The third-order valence-corrected chi connectivity index (χ3v) is 4.67. The van der Waals surface area contributed by atoms with Crippen LogP contribution in [0.3, 0.4) is 0 Å². The first-order valence-corrected chi connectivity index (χ1v) is 7.72. The summed E-state index contributed by atoms with van der Waals surface area (Å²) in [5.41, 5.74) is 0.837. The molecule has 0 unspecified atom stereocenters. The summed E-state index contributed by atoms with van der Waals surface area (Å²) in [6.07, 6.45) is -0.165. The summed E-state index contributed by atoms with van der Waals surface area (Å²) in [7, 11) is 0. The van der Waals surface area contributed by atoms with Crippen molar-refractivity contribution in [3.05, 3.63) is 43.4 Å². The number of hydrogen-bond donors (Lipinski definition) is 2. The van der Waals surface area contributed by atoms with E-state index in [1.807, 2.05) is 0 Å². The molecule has 0 saturated carbocycles. The second-order valence-corrected chi connectivity index (χ2v) is 6.23. The van der Waals surface area contributed by atoms with Crippen LogP contribution in [-0.2, 0) is 11.2 Å². The molecule has 0 aliphatic rings. The molecule has 20 heavy (non-hydrogen) atoms. The number of rotatable bonds is 4. The fourth-order valence-electron chi connectivity index (χ4n) is 1.41. The number of hydrogen-bond acceptors (Lipinski definition) is 4. The molecule has 0 saturated heterocycles. The van der Waals surface area contributed by atoms with Crippen LogP contribution in [0.4, 0.5) is 5.13 Å². The molecular weight excluding hydrogens is 415 g/mol. The highest BCUT2D eigenvalue weighted by Gasteiger charge is 2.11. The van der Waals surface area contributed by atoms with Crippen molar-refractivity contribution < 1.29 is 14.7 Å². The van der Waals surface area contributed by atoms with Crippen molar-refractivity contribution in [2.75, 3.05) is 5.32 Å². The van der Waals surface area contributed by atoms with E-state index in [0.29, 0.717) is 21.4 Å². The van der Waals surface area contributed by atoms with Crippen LogP contribution in [0.1, 0.15) is 16.1 Å². The van der Waals surface area contributed by atoms with Crippen molar-refractivity contribution in [1.29, 1.82) is 0 Å². The summed E-state index contributed by atoms with van der Waals surface area (Å²) in [6, 6.07) is 4.98. The maximum absolute atomic E-state index is 12.0. The zero-order valence-corrected chi connectivity index (χ0v) is 13.6. The average Bonchev–Trinajstić information content (AvgIpc) is 2.79. The molecule has 2 aromatic rings. The van der Waals surface area contributed by atoms with E-state index in [9.17, 15) is 9.59 Å². The number of carbonyl (C=O) groups excluding carboxylic acids is 1. The van der Waals surface area contributed by atoms with Gasteiger partial charge in [0, 0.05) is 14.5 Å². The Labute approximate surface area is 137 Å². The van der Waals surface area contributed by atoms with Crippen molar-refractivity contribution >= 4 is 62.5 Å². The Hall–Kier alpha value is -1.19. The summed E-state index contributed by atoms with van der Waals surface area (Å²) in [5.74, 6) is -1.29. The molecule has 0 bridgehead atoms. The fourth-order valence-corrected chi connectivity index (χ4v) is 2.63. The van der Waals surface area contributed by atoms with Gasteiger partial charge in [0.05, 0.1) is 17.1 Å². The van der Waals surface area contributed by atoms with Crippen LogP contribution in [0.2, 0.25) is 5.02 Å². The van der Waals surface area contributed by atoms with Gasteiger partial charge in [0.1, 0.15) is 0 Å². The Kier molecular flexibility index (Phi) is 4.95. The smallest absolute Gasteiger partial charge is 0.309 e. The number of aliphatic carboxylic acids is 1. The van der Waals surface area contributed by atoms with Gasteiger partial charge in [0.15, 0.2) is 5.13 Å². The van der Waals surface area contributed by atoms with Crippen molar-refractivity contribution in [3.8, 4) is 0 Å². The van der Waals surface area contributed by atoms with Gasteiger partial charge in [-0.05, 0) is 40.8 Å². The first kappa shape index (κ1) is 15.2. The molecular formula is C12H8ClIN2O3S. The van der Waals surface area contributed by atoms with Crippen molar-refractivity contribution in [2.24, 2.45) is 0 Å². The molecule has 2 N–H and O–H groups in total. The van der Waals surface area contributed by atoms with E-state index in [2.05, 4.69) is 32.9 Å². The molecule has 0 radical (unpaired) electrons. The fraction of sp³-hybridized carbons (Fsp3) is 0.0833. The predicted molar refractivity (Wildman–Crippen MR) is 85.6 cm³/mol. The summed E-state index contributed by atoms with van der Waals surface area (Å²) in [5, 5.41) is 13.7. The van der Waals surface area contributed by atoms with Gasteiger partial charge in [-0.3, -0.25) is 14.9 Å². The van der Waals surface area contributed by atoms with E-state index in [-0.39, 0.29) is 12.3 Å². The van der Waals surface area contributed by atoms with Crippen LogP contribution >= 0.6 is 45.5 Å². The number of carboxylic acid groups (broad SMARTS) is 1. The van der Waals surface area contributed by atoms with Crippen LogP contribution in [0, 0.1) is 3.57 Å². The summed E-state index contributed by atoms with van der Waals surface area (Å²) >= 11 is 9.21. The van der Waals surface area contributed by atoms with Gasteiger partial charge in [-0.25, -0.2) is 4.98 Å². The van der Waals surface area contributed by atoms with Gasteiger partial charge in [-0.15, -0.1) is 11.3 Å². The second-order valence-electron chi connectivity index (χ2n) is 3.80. The highest BCUT2D eigenvalue weighted by atomic mass is 127. The Balaban J connectivity index is 2.09. The molecule has 0 fully saturated rings. The number of carbonyl (C=O) groups is 2. The Morgan fingerprint density at radius 3 is 2.85 bits per heavy atom. The number of thiazole rings is 1. The number of aromatic nitrogens is 1. The summed E-state index contributed by atoms with van der Waals surface area (Å²) in [4.78, 5) is 26.6. The van der Waals surface area contributed by atoms with Crippen LogP contribution in [0.25, 0.3) is 0 Å². The molecule has 0 atom stereocenters. The van der Waals surface area contributed by atoms with Gasteiger partial charge < -0.3 is 5.11 Å². The third-order valence-electron chi connectivity index (χ3n) is 2.29. The predicted octanol–water partition coefficient (Wildman–Crippen LogP) is 3.28. The Morgan fingerprint density at radius 1 is 1.45 bits per heavy atom. The average molecular weight is 423 g/mol. The second kappa shape index (κ2) is 6.51. The van der Waals surface area contributed by atoms with Crippen LogP contribution < -0.4 is 5.32 Å². The molecule has 1 heterocycles. The van der Waals surface area contributed by atoms with Gasteiger partial charge in [-0.1, -0.05) is 11.6 Å². The molecule has 0 spiro atoms. The SMILES string of the molecule is O=C(O)Cc1csc(NC(=O)c2ccc(I)c(Cl)c2)n1. The monoisotopic (exact) mass is 422 g/mol. The molecule has 104 valence electrons. The van der Waals surface area contributed by atoms with Gasteiger partial charge >= 0.3 is 5.97 Å². The quantitative estimate of drug-likeness (QED) is 0.741. The van der Waals surface area contributed by atoms with Gasteiger partial charge in [-0.2, -0.15) is 0 Å². The summed E-state index contributed by atoms with van der Waals surface area (Å²) < 4.78 is 0.860. The van der Waals surface area contributed by atoms with Crippen molar-refractivity contribution in [1.82, 2.24) is 4.98 Å². The minimum Gasteiger partial charge on any atom is -0.481 e. The minimum absolute atomic E-state index is 0.165. The van der Waals surface area contributed by atoms with E-state index in [1.165, 1.54) is 11.3 Å². The topological polar surface area (TPSA) is 79.3 Å².